The highest BCUT2D eigenvalue weighted by Crippen LogP contribution is 2.25. The van der Waals surface area contributed by atoms with E-state index in [4.69, 9.17) is 0 Å². The molecule has 110 valence electrons. The van der Waals surface area contributed by atoms with Crippen molar-refractivity contribution in [2.45, 2.75) is 6.54 Å². The highest BCUT2D eigenvalue weighted by molar-refractivity contribution is 6.00. The number of phenolic OH excluding ortho intramolecular Hbond substituents is 1. The molecule has 22 heavy (non-hydrogen) atoms. The van der Waals surface area contributed by atoms with E-state index in [2.05, 4.69) is 4.98 Å². The molecule has 0 saturated carbocycles. The molecule has 0 aliphatic rings. The maximum absolute atomic E-state index is 12.6. The van der Waals surface area contributed by atoms with Crippen LogP contribution in [0.5, 0.6) is 5.75 Å². The van der Waals surface area contributed by atoms with Gasteiger partial charge in [0.2, 0.25) is 0 Å². The number of fused-ring (bicyclic) bond motifs is 1. The Bertz CT molecular complexity index is 816. The first-order chi connectivity index (χ1) is 10.6. The normalized spacial score (nSPS) is 10.6. The van der Waals surface area contributed by atoms with Crippen LogP contribution >= 0.6 is 0 Å². The monoisotopic (exact) mass is 292 g/mol. The van der Waals surface area contributed by atoms with Crippen LogP contribution in [0.3, 0.4) is 0 Å². The first kappa shape index (κ1) is 14.1. The van der Waals surface area contributed by atoms with Crippen molar-refractivity contribution in [3.8, 4) is 5.75 Å². The molecule has 3 rings (SSSR count). The van der Waals surface area contributed by atoms with Crippen molar-refractivity contribution in [1.29, 1.82) is 0 Å². The van der Waals surface area contributed by atoms with Crippen LogP contribution in [0, 0.1) is 0 Å². The van der Waals surface area contributed by atoms with Gasteiger partial charge in [0.25, 0.3) is 5.91 Å². The van der Waals surface area contributed by atoms with Gasteiger partial charge in [0.15, 0.2) is 0 Å². The number of hydrogen-bond acceptors (Lipinski definition) is 3. The first-order valence-electron chi connectivity index (χ1n) is 7.02. The maximum Gasteiger partial charge on any atom is 0.257 e. The second-order valence-electron chi connectivity index (χ2n) is 5.21. The topological polar surface area (TPSA) is 53.4 Å². The van der Waals surface area contributed by atoms with Crippen LogP contribution in [-0.2, 0) is 6.54 Å². The highest BCUT2D eigenvalue weighted by Gasteiger charge is 2.17. The summed E-state index contributed by atoms with van der Waals surface area (Å²) < 4.78 is 0. The van der Waals surface area contributed by atoms with Gasteiger partial charge in [-0.25, -0.2) is 0 Å². The molecule has 0 aliphatic heterocycles. The molecule has 1 aromatic heterocycles. The molecule has 0 spiro atoms. The van der Waals surface area contributed by atoms with Crippen molar-refractivity contribution in [2.75, 3.05) is 7.05 Å². The summed E-state index contributed by atoms with van der Waals surface area (Å²) in [5.41, 5.74) is 2.00. The molecule has 0 bridgehead atoms. The smallest absolute Gasteiger partial charge is 0.257 e. The van der Waals surface area contributed by atoms with Gasteiger partial charge in [-0.2, -0.15) is 0 Å². The molecule has 0 radical (unpaired) electrons. The Labute approximate surface area is 128 Å². The number of amides is 1. The summed E-state index contributed by atoms with van der Waals surface area (Å²) in [7, 11) is 1.72. The Balaban J connectivity index is 1.89. The zero-order chi connectivity index (χ0) is 15.5. The van der Waals surface area contributed by atoms with E-state index >= 15 is 0 Å². The Hall–Kier alpha value is -2.88. The average Bonchev–Trinajstić information content (AvgIpc) is 2.54. The van der Waals surface area contributed by atoms with E-state index in [1.54, 1.807) is 36.3 Å². The molecule has 1 amide bonds. The van der Waals surface area contributed by atoms with Gasteiger partial charge >= 0.3 is 0 Å². The van der Waals surface area contributed by atoms with Gasteiger partial charge < -0.3 is 10.0 Å². The molecule has 0 fully saturated rings. The largest absolute Gasteiger partial charge is 0.507 e. The van der Waals surface area contributed by atoms with E-state index in [9.17, 15) is 9.90 Å². The third-order valence-corrected chi connectivity index (χ3v) is 3.56. The zero-order valence-electron chi connectivity index (χ0n) is 12.2. The number of carbonyl (C=O) groups is 1. The minimum absolute atomic E-state index is 0.0228. The standard InChI is InChI=1S/C18H16N2O2/c1-20(12-13-6-3-2-4-7-13)18(22)15-11-16-14(10-17(15)21)8-5-9-19-16/h2-11,21H,12H2,1H3. The molecule has 0 saturated heterocycles. The van der Waals surface area contributed by atoms with Gasteiger partial charge in [0, 0.05) is 25.2 Å². The quantitative estimate of drug-likeness (QED) is 0.806. The lowest BCUT2D eigenvalue weighted by molar-refractivity contribution is 0.0782. The van der Waals surface area contributed by atoms with E-state index < -0.39 is 0 Å². The molecule has 1 heterocycles. The number of aromatic hydroxyl groups is 1. The second kappa shape index (κ2) is 5.85. The van der Waals surface area contributed by atoms with Gasteiger partial charge in [-0.15, -0.1) is 0 Å². The third kappa shape index (κ3) is 2.76. The van der Waals surface area contributed by atoms with Crippen molar-refractivity contribution in [1.82, 2.24) is 9.88 Å². The van der Waals surface area contributed by atoms with Crippen molar-refractivity contribution in [3.05, 3.63) is 71.9 Å². The summed E-state index contributed by atoms with van der Waals surface area (Å²) >= 11 is 0. The number of nitrogens with zero attached hydrogens (tertiary/aromatic N) is 2. The summed E-state index contributed by atoms with van der Waals surface area (Å²) in [6.07, 6.45) is 1.67. The lowest BCUT2D eigenvalue weighted by Crippen LogP contribution is -2.26. The summed E-state index contributed by atoms with van der Waals surface area (Å²) in [6.45, 7) is 0.485. The minimum atomic E-state index is -0.228. The fourth-order valence-electron chi connectivity index (χ4n) is 2.41. The van der Waals surface area contributed by atoms with Crippen LogP contribution in [0.15, 0.2) is 60.8 Å². The Kier molecular flexibility index (Phi) is 3.74. The van der Waals surface area contributed by atoms with Crippen LogP contribution in [0.4, 0.5) is 0 Å². The fraction of sp³-hybridized carbons (Fsp3) is 0.111. The number of pyridine rings is 1. The molecule has 0 atom stereocenters. The predicted octanol–water partition coefficient (Wildman–Crippen LogP) is 3.21. The highest BCUT2D eigenvalue weighted by atomic mass is 16.3. The van der Waals surface area contributed by atoms with E-state index in [1.807, 2.05) is 36.4 Å². The van der Waals surface area contributed by atoms with Crippen LogP contribution in [0.2, 0.25) is 0 Å². The number of hydrogen-bond donors (Lipinski definition) is 1. The van der Waals surface area contributed by atoms with Crippen molar-refractivity contribution < 1.29 is 9.90 Å². The van der Waals surface area contributed by atoms with Crippen molar-refractivity contribution in [3.63, 3.8) is 0 Å². The van der Waals surface area contributed by atoms with Crippen LogP contribution in [0.1, 0.15) is 15.9 Å². The minimum Gasteiger partial charge on any atom is -0.507 e. The Morgan fingerprint density at radius 1 is 1.14 bits per heavy atom. The van der Waals surface area contributed by atoms with Crippen molar-refractivity contribution in [2.24, 2.45) is 0 Å². The van der Waals surface area contributed by atoms with Crippen molar-refractivity contribution >= 4 is 16.8 Å². The Morgan fingerprint density at radius 3 is 2.68 bits per heavy atom. The number of carbonyl (C=O) groups excluding carboxylic acids is 1. The lowest BCUT2D eigenvalue weighted by Gasteiger charge is -2.18. The third-order valence-electron chi connectivity index (χ3n) is 3.56. The lowest BCUT2D eigenvalue weighted by atomic mass is 10.1. The summed E-state index contributed by atoms with van der Waals surface area (Å²) in [5, 5.41) is 10.9. The van der Waals surface area contributed by atoms with Crippen LogP contribution in [-0.4, -0.2) is 27.9 Å². The number of rotatable bonds is 3. The van der Waals surface area contributed by atoms with E-state index in [0.29, 0.717) is 12.1 Å². The molecular formula is C18H16N2O2. The Morgan fingerprint density at radius 2 is 1.91 bits per heavy atom. The number of benzene rings is 2. The first-order valence-corrected chi connectivity index (χ1v) is 7.02. The molecule has 0 unspecified atom stereocenters. The zero-order valence-corrected chi connectivity index (χ0v) is 12.2. The molecule has 4 nitrogen and oxygen atoms in total. The summed E-state index contributed by atoms with van der Waals surface area (Å²) in [5.74, 6) is -0.251. The van der Waals surface area contributed by atoms with Gasteiger partial charge in [0.1, 0.15) is 5.75 Å². The van der Waals surface area contributed by atoms with Gasteiger partial charge in [-0.05, 0) is 23.8 Å². The second-order valence-corrected chi connectivity index (χ2v) is 5.21. The van der Waals surface area contributed by atoms with Gasteiger partial charge in [-0.1, -0.05) is 36.4 Å². The van der Waals surface area contributed by atoms with E-state index in [1.165, 1.54) is 0 Å². The molecule has 2 aromatic carbocycles. The molecule has 0 aliphatic carbocycles. The van der Waals surface area contributed by atoms with Gasteiger partial charge in [-0.3, -0.25) is 9.78 Å². The predicted molar refractivity (Wildman–Crippen MR) is 85.6 cm³/mol. The molecule has 3 aromatic rings. The van der Waals surface area contributed by atoms with Crippen LogP contribution < -0.4 is 0 Å². The van der Waals surface area contributed by atoms with Gasteiger partial charge in [0.05, 0.1) is 11.1 Å². The maximum atomic E-state index is 12.6. The SMILES string of the molecule is CN(Cc1ccccc1)C(=O)c1cc2ncccc2cc1O. The van der Waals surface area contributed by atoms with E-state index in [-0.39, 0.29) is 17.2 Å². The summed E-state index contributed by atoms with van der Waals surface area (Å²) in [6, 6.07) is 16.6. The van der Waals surface area contributed by atoms with E-state index in [0.717, 1.165) is 10.9 Å². The molecule has 1 N–H and O–H groups in total. The number of aromatic nitrogens is 1. The number of phenols is 1. The average molecular weight is 292 g/mol. The summed E-state index contributed by atoms with van der Waals surface area (Å²) in [4.78, 5) is 18.4. The fourth-order valence-corrected chi connectivity index (χ4v) is 2.41. The molecule has 4 heteroatoms. The van der Waals surface area contributed by atoms with Crippen LogP contribution in [0.25, 0.3) is 10.9 Å². The molecular weight excluding hydrogens is 276 g/mol.